The molecule has 4 atom stereocenters. The largest absolute Gasteiger partial charge is 0.369 e. The molecule has 2 saturated heterocycles. The zero-order chi connectivity index (χ0) is 24.0. The summed E-state index contributed by atoms with van der Waals surface area (Å²) in [7, 11) is 0. The number of amides is 1. The molecule has 0 spiro atoms. The lowest BCUT2D eigenvalue weighted by molar-refractivity contribution is 0.100. The van der Waals surface area contributed by atoms with Crippen LogP contribution in [0.1, 0.15) is 38.1 Å². The number of rotatable bonds is 3. The summed E-state index contributed by atoms with van der Waals surface area (Å²) in [6, 6.07) is 17.4. The van der Waals surface area contributed by atoms with Gasteiger partial charge in [0.05, 0.1) is 6.57 Å². The molecular weight excluding hydrogens is 412 g/mol. The highest BCUT2D eigenvalue weighted by molar-refractivity contribution is 5.93. The van der Waals surface area contributed by atoms with Crippen LogP contribution < -0.4 is 26.2 Å². The number of carbonyl (C=O) groups is 1. The molecule has 2 heterocycles. The second kappa shape index (κ2) is 11.2. The first-order valence-electron chi connectivity index (χ1n) is 11.6. The molecular formula is C26H36N6O. The standard InChI is InChI=1S/C13H19N3O.C13H17N3/c1-9-7-16(8-10(2)15-9)12-5-3-11(4-6-12)13(14)17;1-10-8-16(9-11(2)15-10)13-6-4-12(14-3)5-7-13/h3-6,9-10,15H,7-8H2,1-2H3,(H2,14,17);4-7,10-11,15H,8-9H2,1-2H3/t9-,10+;10-,11+. The number of hydrogen-bond acceptors (Lipinski definition) is 5. The van der Waals surface area contributed by atoms with Crippen LogP contribution in [0.3, 0.4) is 0 Å². The van der Waals surface area contributed by atoms with Crippen LogP contribution in [0.25, 0.3) is 4.85 Å². The molecule has 0 radical (unpaired) electrons. The number of benzene rings is 2. The fourth-order valence-electron chi connectivity index (χ4n) is 4.65. The molecule has 7 nitrogen and oxygen atoms in total. The van der Waals surface area contributed by atoms with Gasteiger partial charge >= 0.3 is 0 Å². The van der Waals surface area contributed by atoms with E-state index in [2.05, 4.69) is 53.0 Å². The third kappa shape index (κ3) is 6.95. The van der Waals surface area contributed by atoms with E-state index in [4.69, 9.17) is 12.3 Å². The lowest BCUT2D eigenvalue weighted by Crippen LogP contribution is -2.54. The van der Waals surface area contributed by atoms with Gasteiger partial charge in [-0.3, -0.25) is 4.79 Å². The van der Waals surface area contributed by atoms with E-state index in [0.29, 0.717) is 35.4 Å². The van der Waals surface area contributed by atoms with Crippen LogP contribution >= 0.6 is 0 Å². The van der Waals surface area contributed by atoms with Crippen LogP contribution in [-0.2, 0) is 0 Å². The molecule has 2 fully saturated rings. The zero-order valence-corrected chi connectivity index (χ0v) is 20.1. The molecule has 1 amide bonds. The first kappa shape index (κ1) is 24.6. The van der Waals surface area contributed by atoms with Crippen molar-refractivity contribution >= 4 is 23.0 Å². The van der Waals surface area contributed by atoms with Gasteiger partial charge in [-0.25, -0.2) is 4.85 Å². The van der Waals surface area contributed by atoms with Gasteiger partial charge in [0, 0.05) is 67.3 Å². The highest BCUT2D eigenvalue weighted by Gasteiger charge is 2.21. The predicted molar refractivity (Wildman–Crippen MR) is 136 cm³/mol. The van der Waals surface area contributed by atoms with E-state index in [-0.39, 0.29) is 5.91 Å². The molecule has 33 heavy (non-hydrogen) atoms. The summed E-state index contributed by atoms with van der Waals surface area (Å²) in [5.74, 6) is -0.376. The Labute approximate surface area is 197 Å². The SMILES string of the molecule is C[C@@H]1CN(c2ccc(C(N)=O)cc2)C[C@H](C)N1.[C-]#[N+]c1ccc(N2C[C@@H](C)N[C@@H](C)C2)cc1. The molecule has 0 aliphatic carbocycles. The molecule has 2 aromatic rings. The molecule has 2 aliphatic rings. The third-order valence-electron chi connectivity index (χ3n) is 5.98. The minimum absolute atomic E-state index is 0.376. The van der Waals surface area contributed by atoms with Crippen LogP contribution in [0, 0.1) is 6.57 Å². The predicted octanol–water partition coefficient (Wildman–Crippen LogP) is 3.40. The van der Waals surface area contributed by atoms with Gasteiger partial charge in [-0.1, -0.05) is 12.1 Å². The second-order valence-corrected chi connectivity index (χ2v) is 9.29. The van der Waals surface area contributed by atoms with Crippen molar-refractivity contribution in [2.24, 2.45) is 5.73 Å². The second-order valence-electron chi connectivity index (χ2n) is 9.29. The van der Waals surface area contributed by atoms with Crippen LogP contribution in [0.5, 0.6) is 0 Å². The van der Waals surface area contributed by atoms with Crippen LogP contribution in [0.2, 0.25) is 0 Å². The number of nitrogens with zero attached hydrogens (tertiary/aromatic N) is 3. The number of piperazine rings is 2. The Balaban J connectivity index is 0.000000186. The topological polar surface area (TPSA) is 78.0 Å². The molecule has 4 N–H and O–H groups in total. The smallest absolute Gasteiger partial charge is 0.248 e. The summed E-state index contributed by atoms with van der Waals surface area (Å²) in [6.07, 6.45) is 0. The van der Waals surface area contributed by atoms with Crippen molar-refractivity contribution < 1.29 is 4.79 Å². The number of hydrogen-bond donors (Lipinski definition) is 3. The lowest BCUT2D eigenvalue weighted by Gasteiger charge is -2.37. The van der Waals surface area contributed by atoms with Gasteiger partial charge < -0.3 is 26.2 Å². The van der Waals surface area contributed by atoms with E-state index in [0.717, 1.165) is 31.9 Å². The number of nitrogens with one attached hydrogen (secondary N) is 2. The number of anilines is 2. The number of nitrogens with two attached hydrogens (primary N) is 1. The maximum atomic E-state index is 11.0. The average Bonchev–Trinajstić information content (AvgIpc) is 2.78. The molecule has 0 unspecified atom stereocenters. The Kier molecular flexibility index (Phi) is 8.32. The lowest BCUT2D eigenvalue weighted by atomic mass is 10.1. The maximum Gasteiger partial charge on any atom is 0.248 e. The van der Waals surface area contributed by atoms with Gasteiger partial charge in [-0.05, 0) is 64.1 Å². The Morgan fingerprint density at radius 2 is 1.15 bits per heavy atom. The summed E-state index contributed by atoms with van der Waals surface area (Å²) >= 11 is 0. The van der Waals surface area contributed by atoms with Crippen LogP contribution in [0.4, 0.5) is 17.1 Å². The third-order valence-corrected chi connectivity index (χ3v) is 5.98. The fourth-order valence-corrected chi connectivity index (χ4v) is 4.65. The molecule has 7 heteroatoms. The number of primary amides is 1. The Morgan fingerprint density at radius 3 is 1.48 bits per heavy atom. The first-order chi connectivity index (χ1) is 15.7. The summed E-state index contributed by atoms with van der Waals surface area (Å²) < 4.78 is 0. The summed E-state index contributed by atoms with van der Waals surface area (Å²) in [6.45, 7) is 19.7. The van der Waals surface area contributed by atoms with Gasteiger partial charge in [0.15, 0.2) is 5.69 Å². The van der Waals surface area contributed by atoms with E-state index in [1.165, 1.54) is 5.69 Å². The zero-order valence-electron chi connectivity index (χ0n) is 20.1. The molecule has 0 aromatic heterocycles. The molecule has 0 saturated carbocycles. The highest BCUT2D eigenvalue weighted by Crippen LogP contribution is 2.22. The van der Waals surface area contributed by atoms with E-state index in [1.807, 2.05) is 36.4 Å². The van der Waals surface area contributed by atoms with Crippen molar-refractivity contribution in [3.8, 4) is 0 Å². The van der Waals surface area contributed by atoms with Crippen molar-refractivity contribution in [1.29, 1.82) is 0 Å². The molecule has 176 valence electrons. The normalized spacial score (nSPS) is 24.9. The van der Waals surface area contributed by atoms with Crippen LogP contribution in [0.15, 0.2) is 48.5 Å². The van der Waals surface area contributed by atoms with Crippen molar-refractivity contribution in [1.82, 2.24) is 10.6 Å². The minimum atomic E-state index is -0.376. The Morgan fingerprint density at radius 1 is 0.788 bits per heavy atom. The van der Waals surface area contributed by atoms with Crippen molar-refractivity contribution in [2.75, 3.05) is 36.0 Å². The fraction of sp³-hybridized carbons (Fsp3) is 0.462. The number of carbonyl (C=O) groups excluding carboxylic acids is 1. The average molecular weight is 449 g/mol. The minimum Gasteiger partial charge on any atom is -0.369 e. The van der Waals surface area contributed by atoms with E-state index < -0.39 is 0 Å². The van der Waals surface area contributed by atoms with Gasteiger partial charge in [0.1, 0.15) is 0 Å². The Hall–Kier alpha value is -3.08. The van der Waals surface area contributed by atoms with Crippen LogP contribution in [-0.4, -0.2) is 56.3 Å². The van der Waals surface area contributed by atoms with Gasteiger partial charge in [0.2, 0.25) is 5.91 Å². The molecule has 2 aliphatic heterocycles. The highest BCUT2D eigenvalue weighted by atomic mass is 16.1. The van der Waals surface area contributed by atoms with Crippen molar-refractivity contribution in [3.63, 3.8) is 0 Å². The maximum absolute atomic E-state index is 11.0. The van der Waals surface area contributed by atoms with Gasteiger partial charge in [0.25, 0.3) is 0 Å². The van der Waals surface area contributed by atoms with E-state index in [1.54, 1.807) is 12.1 Å². The van der Waals surface area contributed by atoms with Gasteiger partial charge in [-0.15, -0.1) is 0 Å². The van der Waals surface area contributed by atoms with Crippen molar-refractivity contribution in [3.05, 3.63) is 65.5 Å². The molecule has 4 rings (SSSR count). The summed E-state index contributed by atoms with van der Waals surface area (Å²) in [5, 5.41) is 7.00. The van der Waals surface area contributed by atoms with E-state index in [9.17, 15) is 4.79 Å². The van der Waals surface area contributed by atoms with Crippen molar-refractivity contribution in [2.45, 2.75) is 51.9 Å². The molecule has 0 bridgehead atoms. The monoisotopic (exact) mass is 448 g/mol. The Bertz CT molecular complexity index is 932. The first-order valence-corrected chi connectivity index (χ1v) is 11.6. The molecule has 2 aromatic carbocycles. The quantitative estimate of drug-likeness (QED) is 0.628. The summed E-state index contributed by atoms with van der Waals surface area (Å²) in [4.78, 5) is 19.1. The summed E-state index contributed by atoms with van der Waals surface area (Å²) in [5.41, 5.74) is 8.86. The van der Waals surface area contributed by atoms with Gasteiger partial charge in [-0.2, -0.15) is 0 Å². The van der Waals surface area contributed by atoms with E-state index >= 15 is 0 Å².